The molecular weight excluding hydrogens is 396 g/mol. The molecule has 0 bridgehead atoms. The Labute approximate surface area is 178 Å². The van der Waals surface area contributed by atoms with Gasteiger partial charge in [0.2, 0.25) is 0 Å². The van der Waals surface area contributed by atoms with Crippen LogP contribution in [0.25, 0.3) is 33.7 Å². The Balaban J connectivity index is 1.87. The number of ether oxygens (including phenoxy) is 2. The van der Waals surface area contributed by atoms with Crippen molar-refractivity contribution in [3.8, 4) is 22.6 Å². The van der Waals surface area contributed by atoms with Gasteiger partial charge in [0.1, 0.15) is 0 Å². The maximum absolute atomic E-state index is 12.8. The van der Waals surface area contributed by atoms with Crippen molar-refractivity contribution in [1.82, 2.24) is 20.2 Å². The summed E-state index contributed by atoms with van der Waals surface area (Å²) in [6.45, 7) is 4.09. The quantitative estimate of drug-likeness (QED) is 0.455. The van der Waals surface area contributed by atoms with Gasteiger partial charge in [0.05, 0.1) is 47.3 Å². The number of methoxy groups -OCH3 is 1. The number of nitrogens with one attached hydrogen (secondary N) is 2. The first-order valence-electron chi connectivity index (χ1n) is 9.98. The standard InChI is InChI=1S/C23H22N4O4/c1-4-13-6-8-14(9-7-13)20-19-16(23(29)31-5-2)11-18(25-21(19)27-26-20)17-10-15(12-24-17)22(28)30-3/h6-12,24H,4-5H2,1-3H3,(H,25,26,27). The molecule has 2 N–H and O–H groups in total. The third kappa shape index (κ3) is 3.79. The van der Waals surface area contributed by atoms with Crippen LogP contribution in [0.15, 0.2) is 42.6 Å². The maximum Gasteiger partial charge on any atom is 0.339 e. The molecule has 0 aliphatic carbocycles. The molecule has 8 nitrogen and oxygen atoms in total. The summed E-state index contributed by atoms with van der Waals surface area (Å²) in [7, 11) is 1.32. The van der Waals surface area contributed by atoms with Crippen molar-refractivity contribution in [3.63, 3.8) is 0 Å². The predicted molar refractivity (Wildman–Crippen MR) is 116 cm³/mol. The molecule has 0 fully saturated rings. The average molecular weight is 418 g/mol. The number of benzene rings is 1. The highest BCUT2D eigenvalue weighted by molar-refractivity contribution is 6.09. The van der Waals surface area contributed by atoms with Crippen LogP contribution in [0.5, 0.6) is 0 Å². The molecule has 0 amide bonds. The van der Waals surface area contributed by atoms with E-state index in [2.05, 4.69) is 27.1 Å². The van der Waals surface area contributed by atoms with E-state index in [9.17, 15) is 9.59 Å². The number of rotatable bonds is 6. The molecule has 0 atom stereocenters. The van der Waals surface area contributed by atoms with Gasteiger partial charge < -0.3 is 14.5 Å². The molecule has 1 aromatic carbocycles. The third-order valence-corrected chi connectivity index (χ3v) is 5.05. The molecule has 31 heavy (non-hydrogen) atoms. The van der Waals surface area contributed by atoms with Gasteiger partial charge in [-0.3, -0.25) is 5.10 Å². The highest BCUT2D eigenvalue weighted by Crippen LogP contribution is 2.32. The second-order valence-corrected chi connectivity index (χ2v) is 6.92. The van der Waals surface area contributed by atoms with E-state index in [0.29, 0.717) is 39.2 Å². The van der Waals surface area contributed by atoms with E-state index in [4.69, 9.17) is 9.47 Å². The van der Waals surface area contributed by atoms with Crippen molar-refractivity contribution in [2.75, 3.05) is 13.7 Å². The van der Waals surface area contributed by atoms with Gasteiger partial charge in [-0.25, -0.2) is 14.6 Å². The Morgan fingerprint density at radius 1 is 1.06 bits per heavy atom. The minimum atomic E-state index is -0.469. The Hall–Kier alpha value is -3.94. The van der Waals surface area contributed by atoms with E-state index in [1.807, 2.05) is 24.3 Å². The number of hydrogen-bond donors (Lipinski definition) is 2. The summed E-state index contributed by atoms with van der Waals surface area (Å²) in [5.74, 6) is -0.935. The highest BCUT2D eigenvalue weighted by atomic mass is 16.5. The zero-order valence-electron chi connectivity index (χ0n) is 17.5. The fraction of sp³-hybridized carbons (Fsp3) is 0.217. The van der Waals surface area contributed by atoms with Gasteiger partial charge in [-0.1, -0.05) is 31.2 Å². The molecular formula is C23H22N4O4. The summed E-state index contributed by atoms with van der Waals surface area (Å²) in [6.07, 6.45) is 2.47. The van der Waals surface area contributed by atoms with Crippen LogP contribution in [-0.4, -0.2) is 45.8 Å². The number of aromatic nitrogens is 4. The first kappa shape index (κ1) is 20.3. The molecule has 3 aromatic heterocycles. The molecule has 4 rings (SSSR count). The summed E-state index contributed by atoms with van der Waals surface area (Å²) in [5.41, 5.74) is 4.91. The summed E-state index contributed by atoms with van der Waals surface area (Å²) in [6, 6.07) is 11.3. The lowest BCUT2D eigenvalue weighted by molar-refractivity contribution is 0.0527. The number of carbonyl (C=O) groups excluding carboxylic acids is 2. The smallest absolute Gasteiger partial charge is 0.339 e. The molecule has 0 spiro atoms. The lowest BCUT2D eigenvalue weighted by Gasteiger charge is -2.08. The largest absolute Gasteiger partial charge is 0.465 e. The molecule has 8 heteroatoms. The van der Waals surface area contributed by atoms with E-state index in [0.717, 1.165) is 12.0 Å². The Bertz CT molecular complexity index is 1250. The first-order valence-corrected chi connectivity index (χ1v) is 9.98. The molecule has 0 aliphatic heterocycles. The van der Waals surface area contributed by atoms with Crippen LogP contribution in [0.4, 0.5) is 0 Å². The molecule has 0 saturated carbocycles. The number of nitrogens with zero attached hydrogens (tertiary/aromatic N) is 2. The van der Waals surface area contributed by atoms with Crippen LogP contribution < -0.4 is 0 Å². The molecule has 0 unspecified atom stereocenters. The van der Waals surface area contributed by atoms with Crippen molar-refractivity contribution in [2.24, 2.45) is 0 Å². The highest BCUT2D eigenvalue weighted by Gasteiger charge is 2.22. The van der Waals surface area contributed by atoms with E-state index in [-0.39, 0.29) is 6.61 Å². The second kappa shape index (κ2) is 8.43. The van der Waals surface area contributed by atoms with Crippen LogP contribution in [0.1, 0.15) is 40.1 Å². The van der Waals surface area contributed by atoms with Crippen molar-refractivity contribution < 1.29 is 19.1 Å². The van der Waals surface area contributed by atoms with E-state index >= 15 is 0 Å². The van der Waals surface area contributed by atoms with Crippen molar-refractivity contribution >= 4 is 23.0 Å². The van der Waals surface area contributed by atoms with Crippen LogP contribution in [0.2, 0.25) is 0 Å². The summed E-state index contributed by atoms with van der Waals surface area (Å²) >= 11 is 0. The number of aryl methyl sites for hydroxylation is 1. The second-order valence-electron chi connectivity index (χ2n) is 6.92. The molecule has 4 aromatic rings. The van der Waals surface area contributed by atoms with Crippen LogP contribution in [0.3, 0.4) is 0 Å². The van der Waals surface area contributed by atoms with Gasteiger partial charge in [0.15, 0.2) is 5.65 Å². The monoisotopic (exact) mass is 418 g/mol. The predicted octanol–water partition coefficient (Wildman–Crippen LogP) is 4.15. The Morgan fingerprint density at radius 2 is 1.84 bits per heavy atom. The van der Waals surface area contributed by atoms with E-state index in [1.54, 1.807) is 19.1 Å². The molecule has 0 saturated heterocycles. The zero-order chi connectivity index (χ0) is 22.0. The SMILES string of the molecule is CCOC(=O)c1cc(-c2cc(C(=O)OC)c[nH]2)nc2n[nH]c(-c3ccc(CC)cc3)c12. The van der Waals surface area contributed by atoms with E-state index in [1.165, 1.54) is 18.9 Å². The molecule has 3 heterocycles. The van der Waals surface area contributed by atoms with E-state index < -0.39 is 11.9 Å². The number of aromatic amines is 2. The number of fused-ring (bicyclic) bond motifs is 1. The van der Waals surface area contributed by atoms with Crippen LogP contribution in [-0.2, 0) is 15.9 Å². The summed E-state index contributed by atoms with van der Waals surface area (Å²) in [4.78, 5) is 32.2. The number of H-pyrrole nitrogens is 2. The Morgan fingerprint density at radius 3 is 2.52 bits per heavy atom. The fourth-order valence-corrected chi connectivity index (χ4v) is 3.43. The minimum absolute atomic E-state index is 0.241. The topological polar surface area (TPSA) is 110 Å². The minimum Gasteiger partial charge on any atom is -0.465 e. The number of hydrogen-bond acceptors (Lipinski definition) is 6. The van der Waals surface area contributed by atoms with Crippen LogP contribution >= 0.6 is 0 Å². The molecule has 0 radical (unpaired) electrons. The van der Waals surface area contributed by atoms with Gasteiger partial charge >= 0.3 is 11.9 Å². The number of pyridine rings is 1. The van der Waals surface area contributed by atoms with Gasteiger partial charge in [-0.05, 0) is 31.0 Å². The maximum atomic E-state index is 12.8. The summed E-state index contributed by atoms with van der Waals surface area (Å²) < 4.78 is 10.0. The van der Waals surface area contributed by atoms with Crippen molar-refractivity contribution in [3.05, 3.63) is 59.3 Å². The normalized spacial score (nSPS) is 10.9. The van der Waals surface area contributed by atoms with Gasteiger partial charge in [0.25, 0.3) is 0 Å². The molecule has 158 valence electrons. The average Bonchev–Trinajstić information content (AvgIpc) is 3.46. The van der Waals surface area contributed by atoms with Crippen molar-refractivity contribution in [2.45, 2.75) is 20.3 Å². The van der Waals surface area contributed by atoms with Crippen molar-refractivity contribution in [1.29, 1.82) is 0 Å². The van der Waals surface area contributed by atoms with Crippen LogP contribution in [0, 0.1) is 0 Å². The molecule has 0 aliphatic rings. The third-order valence-electron chi connectivity index (χ3n) is 5.05. The lowest BCUT2D eigenvalue weighted by Crippen LogP contribution is -2.06. The van der Waals surface area contributed by atoms with Gasteiger partial charge in [-0.15, -0.1) is 0 Å². The summed E-state index contributed by atoms with van der Waals surface area (Å²) in [5, 5.41) is 7.94. The lowest BCUT2D eigenvalue weighted by atomic mass is 10.0. The number of esters is 2. The van der Waals surface area contributed by atoms with Gasteiger partial charge in [-0.2, -0.15) is 5.10 Å². The Kier molecular flexibility index (Phi) is 5.53. The van der Waals surface area contributed by atoms with Gasteiger partial charge in [0, 0.05) is 11.8 Å². The fourth-order valence-electron chi connectivity index (χ4n) is 3.43. The zero-order valence-corrected chi connectivity index (χ0v) is 17.5. The first-order chi connectivity index (χ1) is 15.0. The number of carbonyl (C=O) groups is 2.